The Morgan fingerprint density at radius 2 is 1.88 bits per heavy atom. The van der Waals surface area contributed by atoms with E-state index >= 15 is 0 Å². The van der Waals surface area contributed by atoms with Crippen molar-refractivity contribution in [2.24, 2.45) is 0 Å². The first-order valence-corrected chi connectivity index (χ1v) is 5.52. The minimum atomic E-state index is -1.45. The van der Waals surface area contributed by atoms with Crippen LogP contribution in [0.3, 0.4) is 0 Å². The summed E-state index contributed by atoms with van der Waals surface area (Å²) in [5.74, 6) is -2.98. The van der Waals surface area contributed by atoms with E-state index in [4.69, 9.17) is 5.11 Å². The van der Waals surface area contributed by atoms with E-state index < -0.39 is 23.2 Å². The number of benzene rings is 1. The summed E-state index contributed by atoms with van der Waals surface area (Å²) in [4.78, 5) is 10.6. The highest BCUT2D eigenvalue weighted by Gasteiger charge is 2.22. The van der Waals surface area contributed by atoms with Crippen LogP contribution < -0.4 is 5.32 Å². The van der Waals surface area contributed by atoms with Gasteiger partial charge in [0.1, 0.15) is 11.6 Å². The molecular weight excluding hydrogens is 228 g/mol. The van der Waals surface area contributed by atoms with Gasteiger partial charge in [-0.2, -0.15) is 0 Å². The second-order valence-corrected chi connectivity index (χ2v) is 4.18. The lowest BCUT2D eigenvalue weighted by molar-refractivity contribution is 0.0691. The molecule has 0 aliphatic carbocycles. The minimum absolute atomic E-state index is 0.0337. The van der Waals surface area contributed by atoms with Crippen molar-refractivity contribution in [1.82, 2.24) is 5.32 Å². The molecule has 92 valence electrons. The van der Waals surface area contributed by atoms with Gasteiger partial charge >= 0.3 is 5.97 Å². The Bertz CT molecular complexity index is 442. The molecule has 0 radical (unpaired) electrons. The fourth-order valence-corrected chi connectivity index (χ4v) is 2.17. The topological polar surface area (TPSA) is 49.3 Å². The van der Waals surface area contributed by atoms with Crippen LogP contribution in [0.1, 0.15) is 34.7 Å². The minimum Gasteiger partial charge on any atom is -0.478 e. The van der Waals surface area contributed by atoms with Crippen molar-refractivity contribution < 1.29 is 18.7 Å². The number of hydrogen-bond donors (Lipinski definition) is 2. The predicted octanol–water partition coefficient (Wildman–Crippen LogP) is 2.13. The standard InChI is InChI=1S/C12H13F2NO2/c13-10-6-9(12(16)17)11(14)5-8(10)7-1-3-15-4-2-7/h5-7,15H,1-4H2,(H,16,17). The van der Waals surface area contributed by atoms with E-state index in [0.717, 1.165) is 38.1 Å². The van der Waals surface area contributed by atoms with Gasteiger partial charge in [-0.1, -0.05) is 0 Å². The number of nitrogens with one attached hydrogen (secondary N) is 1. The highest BCUT2D eigenvalue weighted by atomic mass is 19.1. The average molecular weight is 241 g/mol. The van der Waals surface area contributed by atoms with E-state index in [2.05, 4.69) is 5.32 Å². The normalized spacial score (nSPS) is 17.1. The molecule has 5 heteroatoms. The van der Waals surface area contributed by atoms with Gasteiger partial charge in [-0.05, 0) is 49.5 Å². The summed E-state index contributed by atoms with van der Waals surface area (Å²) in [7, 11) is 0. The summed E-state index contributed by atoms with van der Waals surface area (Å²) in [6, 6.07) is 1.80. The van der Waals surface area contributed by atoms with Gasteiger partial charge in [0, 0.05) is 0 Å². The van der Waals surface area contributed by atoms with Crippen molar-refractivity contribution in [3.63, 3.8) is 0 Å². The molecule has 1 aliphatic rings. The number of hydrogen-bond acceptors (Lipinski definition) is 2. The molecular formula is C12H13F2NO2. The van der Waals surface area contributed by atoms with Crippen molar-refractivity contribution in [2.75, 3.05) is 13.1 Å². The molecule has 3 nitrogen and oxygen atoms in total. The molecule has 1 aromatic carbocycles. The van der Waals surface area contributed by atoms with Crippen LogP contribution >= 0.6 is 0 Å². The molecule has 0 bridgehead atoms. The Morgan fingerprint density at radius 3 is 2.47 bits per heavy atom. The zero-order chi connectivity index (χ0) is 12.4. The predicted molar refractivity (Wildman–Crippen MR) is 58.2 cm³/mol. The second kappa shape index (κ2) is 4.79. The SMILES string of the molecule is O=C(O)c1cc(F)c(C2CCNCC2)cc1F. The summed E-state index contributed by atoms with van der Waals surface area (Å²) in [5.41, 5.74) is -0.325. The number of carboxylic acids is 1. The van der Waals surface area contributed by atoms with Crippen molar-refractivity contribution >= 4 is 5.97 Å². The first kappa shape index (κ1) is 12.0. The van der Waals surface area contributed by atoms with Gasteiger partial charge in [0.15, 0.2) is 0 Å². The van der Waals surface area contributed by atoms with Gasteiger partial charge < -0.3 is 10.4 Å². The number of carboxylic acid groups (broad SMARTS) is 1. The fraction of sp³-hybridized carbons (Fsp3) is 0.417. The van der Waals surface area contributed by atoms with Crippen LogP contribution in [0.4, 0.5) is 8.78 Å². The molecule has 0 unspecified atom stereocenters. The van der Waals surface area contributed by atoms with E-state index in [0.29, 0.717) is 0 Å². The molecule has 1 saturated heterocycles. The highest BCUT2D eigenvalue weighted by molar-refractivity contribution is 5.88. The summed E-state index contributed by atoms with van der Waals surface area (Å²) < 4.78 is 27.2. The van der Waals surface area contributed by atoms with Crippen LogP contribution in [-0.4, -0.2) is 24.2 Å². The van der Waals surface area contributed by atoms with Crippen LogP contribution in [0, 0.1) is 11.6 Å². The number of halogens is 2. The van der Waals surface area contributed by atoms with Gasteiger partial charge in [0.05, 0.1) is 5.56 Å². The van der Waals surface area contributed by atoms with Crippen LogP contribution in [-0.2, 0) is 0 Å². The molecule has 1 aliphatic heterocycles. The number of rotatable bonds is 2. The molecule has 1 aromatic rings. The van der Waals surface area contributed by atoms with Crippen LogP contribution in [0.5, 0.6) is 0 Å². The molecule has 0 atom stereocenters. The van der Waals surface area contributed by atoms with Crippen molar-refractivity contribution in [1.29, 1.82) is 0 Å². The Morgan fingerprint density at radius 1 is 1.24 bits per heavy atom. The maximum absolute atomic E-state index is 13.7. The number of carbonyl (C=O) groups is 1. The summed E-state index contributed by atoms with van der Waals surface area (Å²) in [6.45, 7) is 1.54. The quantitative estimate of drug-likeness (QED) is 0.834. The zero-order valence-corrected chi connectivity index (χ0v) is 9.17. The molecule has 0 saturated carbocycles. The summed E-state index contributed by atoms with van der Waals surface area (Å²) >= 11 is 0. The summed E-state index contributed by atoms with van der Waals surface area (Å²) in [5, 5.41) is 11.8. The second-order valence-electron chi connectivity index (χ2n) is 4.18. The zero-order valence-electron chi connectivity index (χ0n) is 9.17. The summed E-state index contributed by atoms with van der Waals surface area (Å²) in [6.07, 6.45) is 1.48. The van der Waals surface area contributed by atoms with Crippen LogP contribution in [0.25, 0.3) is 0 Å². The molecule has 0 spiro atoms. The molecule has 1 fully saturated rings. The van der Waals surface area contributed by atoms with Crippen molar-refractivity contribution in [3.8, 4) is 0 Å². The van der Waals surface area contributed by atoms with Gasteiger partial charge in [0.2, 0.25) is 0 Å². The van der Waals surface area contributed by atoms with E-state index in [1.165, 1.54) is 0 Å². The first-order chi connectivity index (χ1) is 8.09. The lowest BCUT2D eigenvalue weighted by Crippen LogP contribution is -2.27. The third-order valence-electron chi connectivity index (χ3n) is 3.10. The van der Waals surface area contributed by atoms with Crippen LogP contribution in [0.2, 0.25) is 0 Å². The Labute approximate surface area is 97.5 Å². The molecule has 0 aromatic heterocycles. The lowest BCUT2D eigenvalue weighted by atomic mass is 9.89. The van der Waals surface area contributed by atoms with E-state index in [1.807, 2.05) is 0 Å². The van der Waals surface area contributed by atoms with Gasteiger partial charge in [-0.15, -0.1) is 0 Å². The van der Waals surface area contributed by atoms with Gasteiger partial charge in [-0.3, -0.25) is 0 Å². The van der Waals surface area contributed by atoms with Crippen molar-refractivity contribution in [2.45, 2.75) is 18.8 Å². The van der Waals surface area contributed by atoms with E-state index in [9.17, 15) is 13.6 Å². The molecule has 17 heavy (non-hydrogen) atoms. The van der Waals surface area contributed by atoms with E-state index in [-0.39, 0.29) is 11.5 Å². The third kappa shape index (κ3) is 2.44. The molecule has 1 heterocycles. The maximum atomic E-state index is 13.7. The van der Waals surface area contributed by atoms with Gasteiger partial charge in [-0.25, -0.2) is 13.6 Å². The molecule has 2 rings (SSSR count). The van der Waals surface area contributed by atoms with E-state index in [1.54, 1.807) is 0 Å². The number of piperidine rings is 1. The Balaban J connectivity index is 2.35. The van der Waals surface area contributed by atoms with Gasteiger partial charge in [0.25, 0.3) is 0 Å². The third-order valence-corrected chi connectivity index (χ3v) is 3.10. The fourth-order valence-electron chi connectivity index (χ4n) is 2.17. The molecule has 0 amide bonds. The Kier molecular flexibility index (Phi) is 3.38. The van der Waals surface area contributed by atoms with Crippen LogP contribution in [0.15, 0.2) is 12.1 Å². The smallest absolute Gasteiger partial charge is 0.338 e. The first-order valence-electron chi connectivity index (χ1n) is 5.52. The maximum Gasteiger partial charge on any atom is 0.338 e. The lowest BCUT2D eigenvalue weighted by Gasteiger charge is -2.23. The molecule has 2 N–H and O–H groups in total. The van der Waals surface area contributed by atoms with Crippen molar-refractivity contribution in [3.05, 3.63) is 34.9 Å². The number of aromatic carboxylic acids is 1. The Hall–Kier alpha value is -1.49. The highest BCUT2D eigenvalue weighted by Crippen LogP contribution is 2.29. The average Bonchev–Trinajstić information content (AvgIpc) is 2.32. The largest absolute Gasteiger partial charge is 0.478 e. The monoisotopic (exact) mass is 241 g/mol.